The van der Waals surface area contributed by atoms with Crippen LogP contribution in [0, 0.1) is 0 Å². The Hall–Kier alpha value is -1.25. The second-order valence-electron chi connectivity index (χ2n) is 3.04. The first-order chi connectivity index (χ1) is 5.88. The predicted octanol–water partition coefficient (Wildman–Crippen LogP) is 1.27. The van der Waals surface area contributed by atoms with Crippen molar-refractivity contribution in [2.24, 2.45) is 0 Å². The summed E-state index contributed by atoms with van der Waals surface area (Å²) in [6.07, 6.45) is 5.25. The molecular weight excluding hydrogens is 154 g/mol. The molecule has 1 aliphatic rings. The lowest BCUT2D eigenvalue weighted by Crippen LogP contribution is -2.34. The Morgan fingerprint density at radius 3 is 3.17 bits per heavy atom. The molecule has 12 heavy (non-hydrogen) atoms. The van der Waals surface area contributed by atoms with Crippen molar-refractivity contribution in [1.82, 2.24) is 5.32 Å². The molecule has 1 aromatic rings. The Labute approximate surface area is 70.8 Å². The summed E-state index contributed by atoms with van der Waals surface area (Å²) in [5, 5.41) is 2.84. The number of nitrogens with one attached hydrogen (secondary N) is 1. The van der Waals surface area contributed by atoms with Gasteiger partial charge in [0, 0.05) is 12.1 Å². The van der Waals surface area contributed by atoms with Crippen LogP contribution < -0.4 is 5.32 Å². The Morgan fingerprint density at radius 1 is 1.58 bits per heavy atom. The first-order valence-electron chi connectivity index (χ1n) is 4.18. The summed E-state index contributed by atoms with van der Waals surface area (Å²) >= 11 is 0. The van der Waals surface area contributed by atoms with Crippen LogP contribution in [-0.2, 0) is 4.79 Å². The minimum Gasteiger partial charge on any atom is -0.472 e. The van der Waals surface area contributed by atoms with E-state index in [0.29, 0.717) is 0 Å². The molecule has 1 fully saturated rings. The highest BCUT2D eigenvalue weighted by Gasteiger charge is 2.23. The number of carbonyl (C=O) groups excluding carboxylic acids is 1. The van der Waals surface area contributed by atoms with E-state index in [9.17, 15) is 4.79 Å². The van der Waals surface area contributed by atoms with E-state index in [2.05, 4.69) is 5.32 Å². The van der Waals surface area contributed by atoms with Crippen LogP contribution in [0.2, 0.25) is 0 Å². The van der Waals surface area contributed by atoms with Gasteiger partial charge in [-0.25, -0.2) is 0 Å². The molecule has 1 N–H and O–H groups in total. The molecule has 3 heteroatoms. The molecule has 1 unspecified atom stereocenters. The van der Waals surface area contributed by atoms with E-state index in [4.69, 9.17) is 4.42 Å². The Balaban J connectivity index is 2.17. The number of amides is 1. The standard InChI is InChI=1S/C9H11NO2/c11-9-8(2-1-4-10-9)7-3-5-12-6-7/h3,5-6,8H,1-2,4H2,(H,10,11). The fourth-order valence-corrected chi connectivity index (χ4v) is 1.56. The van der Waals surface area contributed by atoms with Gasteiger partial charge < -0.3 is 9.73 Å². The topological polar surface area (TPSA) is 42.2 Å². The summed E-state index contributed by atoms with van der Waals surface area (Å²) in [7, 11) is 0. The lowest BCUT2D eigenvalue weighted by atomic mass is 9.93. The third-order valence-electron chi connectivity index (χ3n) is 2.23. The predicted molar refractivity (Wildman–Crippen MR) is 43.7 cm³/mol. The van der Waals surface area contributed by atoms with Crippen molar-refractivity contribution in [1.29, 1.82) is 0 Å². The zero-order valence-corrected chi connectivity index (χ0v) is 6.75. The van der Waals surface area contributed by atoms with E-state index in [1.807, 2.05) is 6.07 Å². The Morgan fingerprint density at radius 2 is 2.50 bits per heavy atom. The smallest absolute Gasteiger partial charge is 0.227 e. The van der Waals surface area contributed by atoms with Gasteiger partial charge in [0.2, 0.25) is 5.91 Å². The van der Waals surface area contributed by atoms with E-state index in [1.54, 1.807) is 12.5 Å². The second kappa shape index (κ2) is 3.01. The highest BCUT2D eigenvalue weighted by atomic mass is 16.3. The molecule has 0 saturated carbocycles. The van der Waals surface area contributed by atoms with Gasteiger partial charge in [0.05, 0.1) is 18.4 Å². The van der Waals surface area contributed by atoms with Crippen LogP contribution in [0.25, 0.3) is 0 Å². The van der Waals surface area contributed by atoms with Crippen LogP contribution in [0.15, 0.2) is 23.0 Å². The molecule has 0 aliphatic carbocycles. The largest absolute Gasteiger partial charge is 0.472 e. The Kier molecular flexibility index (Phi) is 1.86. The maximum absolute atomic E-state index is 11.3. The number of rotatable bonds is 1. The minimum absolute atomic E-state index is 0.0116. The lowest BCUT2D eigenvalue weighted by molar-refractivity contribution is -0.123. The molecule has 0 aromatic carbocycles. The monoisotopic (exact) mass is 165 g/mol. The SMILES string of the molecule is O=C1NCCCC1c1ccoc1. The van der Waals surface area contributed by atoms with E-state index in [-0.39, 0.29) is 11.8 Å². The van der Waals surface area contributed by atoms with Gasteiger partial charge in [0.15, 0.2) is 0 Å². The van der Waals surface area contributed by atoms with Crippen molar-refractivity contribution in [3.8, 4) is 0 Å². The minimum atomic E-state index is 0.0116. The van der Waals surface area contributed by atoms with Gasteiger partial charge in [-0.1, -0.05) is 0 Å². The number of hydrogen-bond donors (Lipinski definition) is 1. The highest BCUT2D eigenvalue weighted by Crippen LogP contribution is 2.23. The third-order valence-corrected chi connectivity index (χ3v) is 2.23. The van der Waals surface area contributed by atoms with E-state index in [1.165, 1.54) is 0 Å². The molecule has 2 rings (SSSR count). The average Bonchev–Trinajstić information content (AvgIpc) is 2.57. The van der Waals surface area contributed by atoms with Gasteiger partial charge >= 0.3 is 0 Å². The van der Waals surface area contributed by atoms with Gasteiger partial charge in [0.1, 0.15) is 0 Å². The fourth-order valence-electron chi connectivity index (χ4n) is 1.56. The molecule has 0 radical (unpaired) electrons. The molecule has 64 valence electrons. The molecule has 1 aromatic heterocycles. The van der Waals surface area contributed by atoms with Crippen LogP contribution in [-0.4, -0.2) is 12.5 Å². The van der Waals surface area contributed by atoms with Crippen molar-refractivity contribution in [2.45, 2.75) is 18.8 Å². The van der Waals surface area contributed by atoms with Crippen molar-refractivity contribution < 1.29 is 9.21 Å². The normalized spacial score (nSPS) is 23.7. The van der Waals surface area contributed by atoms with Crippen LogP contribution >= 0.6 is 0 Å². The quantitative estimate of drug-likeness (QED) is 0.681. The maximum atomic E-state index is 11.3. The number of carbonyl (C=O) groups is 1. The average molecular weight is 165 g/mol. The van der Waals surface area contributed by atoms with Crippen molar-refractivity contribution >= 4 is 5.91 Å². The zero-order chi connectivity index (χ0) is 8.39. The maximum Gasteiger partial charge on any atom is 0.227 e. The van der Waals surface area contributed by atoms with Gasteiger partial charge in [-0.15, -0.1) is 0 Å². The summed E-state index contributed by atoms with van der Waals surface area (Å²) in [6.45, 7) is 0.813. The molecular formula is C9H11NO2. The van der Waals surface area contributed by atoms with Crippen molar-refractivity contribution in [2.75, 3.05) is 6.54 Å². The van der Waals surface area contributed by atoms with Crippen molar-refractivity contribution in [3.63, 3.8) is 0 Å². The molecule has 0 spiro atoms. The van der Waals surface area contributed by atoms with Crippen LogP contribution in [0.3, 0.4) is 0 Å². The van der Waals surface area contributed by atoms with Crippen LogP contribution in [0.1, 0.15) is 24.3 Å². The fraction of sp³-hybridized carbons (Fsp3) is 0.444. The molecule has 1 atom stereocenters. The molecule has 3 nitrogen and oxygen atoms in total. The molecule has 2 heterocycles. The van der Waals surface area contributed by atoms with Gasteiger partial charge in [-0.2, -0.15) is 0 Å². The number of piperidine rings is 1. The first kappa shape index (κ1) is 7.40. The summed E-state index contributed by atoms with van der Waals surface area (Å²) < 4.78 is 4.94. The summed E-state index contributed by atoms with van der Waals surface area (Å²) in [4.78, 5) is 11.3. The second-order valence-corrected chi connectivity index (χ2v) is 3.04. The number of furan rings is 1. The summed E-state index contributed by atoms with van der Waals surface area (Å²) in [5.41, 5.74) is 0.993. The first-order valence-corrected chi connectivity index (χ1v) is 4.18. The molecule has 1 amide bonds. The van der Waals surface area contributed by atoms with E-state index < -0.39 is 0 Å². The highest BCUT2D eigenvalue weighted by molar-refractivity contribution is 5.84. The molecule has 1 aliphatic heterocycles. The summed E-state index contributed by atoms with van der Waals surface area (Å²) in [5.74, 6) is 0.139. The van der Waals surface area contributed by atoms with Crippen LogP contribution in [0.5, 0.6) is 0 Å². The lowest BCUT2D eigenvalue weighted by Gasteiger charge is -2.20. The Bertz CT molecular complexity index is 266. The van der Waals surface area contributed by atoms with Gasteiger partial charge in [-0.05, 0) is 18.9 Å². The molecule has 0 bridgehead atoms. The summed E-state index contributed by atoms with van der Waals surface area (Å²) in [6, 6.07) is 1.86. The van der Waals surface area contributed by atoms with Gasteiger partial charge in [0.25, 0.3) is 0 Å². The molecule has 1 saturated heterocycles. The van der Waals surface area contributed by atoms with Crippen LogP contribution in [0.4, 0.5) is 0 Å². The van der Waals surface area contributed by atoms with Crippen molar-refractivity contribution in [3.05, 3.63) is 24.2 Å². The zero-order valence-electron chi connectivity index (χ0n) is 6.75. The van der Waals surface area contributed by atoms with Gasteiger partial charge in [-0.3, -0.25) is 4.79 Å². The third kappa shape index (κ3) is 1.22. The number of hydrogen-bond acceptors (Lipinski definition) is 2. The van der Waals surface area contributed by atoms with E-state index >= 15 is 0 Å². The van der Waals surface area contributed by atoms with E-state index in [0.717, 1.165) is 24.9 Å².